The van der Waals surface area contributed by atoms with Crippen molar-refractivity contribution in [1.29, 1.82) is 0 Å². The van der Waals surface area contributed by atoms with Crippen molar-refractivity contribution < 1.29 is 24.5 Å². The van der Waals surface area contributed by atoms with E-state index in [1.54, 1.807) is 20.8 Å². The van der Waals surface area contributed by atoms with Gasteiger partial charge in [-0.2, -0.15) is 0 Å². The van der Waals surface area contributed by atoms with Crippen LogP contribution in [0.1, 0.15) is 52.9 Å². The summed E-state index contributed by atoms with van der Waals surface area (Å²) in [6.07, 6.45) is 2.77. The topological polar surface area (TPSA) is 95.9 Å². The van der Waals surface area contributed by atoms with Gasteiger partial charge in [-0.3, -0.25) is 0 Å². The standard InChI is InChI=1S/C14H25NO5/c1-14(2,3)20-13(19)15-10(12(17)18)11(16)9-7-5-4-6-8-9/h9-11,16H,4-8H2,1-3H3,(H,15,19)(H,17,18)/t10-,11-/m0/s1. The van der Waals surface area contributed by atoms with Gasteiger partial charge in [0.05, 0.1) is 6.10 Å². The van der Waals surface area contributed by atoms with E-state index in [9.17, 15) is 19.8 Å². The number of amides is 1. The smallest absolute Gasteiger partial charge is 0.408 e. The van der Waals surface area contributed by atoms with Gasteiger partial charge in [0, 0.05) is 0 Å². The van der Waals surface area contributed by atoms with E-state index >= 15 is 0 Å². The second kappa shape index (κ2) is 6.92. The van der Waals surface area contributed by atoms with Crippen LogP contribution < -0.4 is 5.32 Å². The van der Waals surface area contributed by atoms with Crippen molar-refractivity contribution in [2.24, 2.45) is 5.92 Å². The number of ether oxygens (including phenoxy) is 1. The van der Waals surface area contributed by atoms with E-state index in [-0.39, 0.29) is 5.92 Å². The number of aliphatic hydroxyl groups is 1. The van der Waals surface area contributed by atoms with Crippen LogP contribution in [0.5, 0.6) is 0 Å². The lowest BCUT2D eigenvalue weighted by Gasteiger charge is -2.31. The average molecular weight is 287 g/mol. The molecule has 0 heterocycles. The lowest BCUT2D eigenvalue weighted by molar-refractivity contribution is -0.144. The fourth-order valence-corrected chi connectivity index (χ4v) is 2.48. The molecule has 2 atom stereocenters. The highest BCUT2D eigenvalue weighted by Gasteiger charge is 2.35. The molecule has 0 saturated heterocycles. The molecule has 0 spiro atoms. The third kappa shape index (κ3) is 5.36. The Kier molecular flexibility index (Phi) is 5.80. The molecule has 0 aromatic carbocycles. The summed E-state index contributed by atoms with van der Waals surface area (Å²) in [7, 11) is 0. The number of carboxylic acid groups (broad SMARTS) is 1. The molecule has 0 radical (unpaired) electrons. The zero-order valence-electron chi connectivity index (χ0n) is 12.4. The van der Waals surface area contributed by atoms with E-state index in [2.05, 4.69) is 5.32 Å². The predicted octanol–water partition coefficient (Wildman–Crippen LogP) is 1.91. The molecule has 1 fully saturated rings. The summed E-state index contributed by atoms with van der Waals surface area (Å²) in [5.41, 5.74) is -0.705. The van der Waals surface area contributed by atoms with Gasteiger partial charge in [0.15, 0.2) is 6.04 Å². The molecule has 0 aliphatic heterocycles. The van der Waals surface area contributed by atoms with Crippen LogP contribution in [0.25, 0.3) is 0 Å². The molecular formula is C14H25NO5. The minimum absolute atomic E-state index is 0.0835. The zero-order valence-corrected chi connectivity index (χ0v) is 12.4. The van der Waals surface area contributed by atoms with Crippen molar-refractivity contribution in [3.63, 3.8) is 0 Å². The van der Waals surface area contributed by atoms with Crippen LogP contribution in [0, 0.1) is 5.92 Å². The highest BCUT2D eigenvalue weighted by molar-refractivity contribution is 5.80. The molecule has 1 rings (SSSR count). The normalized spacial score (nSPS) is 20.0. The fraction of sp³-hybridized carbons (Fsp3) is 0.857. The molecule has 0 aromatic heterocycles. The summed E-state index contributed by atoms with van der Waals surface area (Å²) in [5, 5.41) is 21.7. The summed E-state index contributed by atoms with van der Waals surface area (Å²) < 4.78 is 5.03. The molecular weight excluding hydrogens is 262 g/mol. The maximum Gasteiger partial charge on any atom is 0.408 e. The largest absolute Gasteiger partial charge is 0.480 e. The van der Waals surface area contributed by atoms with Crippen LogP contribution in [0.3, 0.4) is 0 Å². The van der Waals surface area contributed by atoms with E-state index in [1.165, 1.54) is 0 Å². The molecule has 1 aliphatic carbocycles. The number of hydrogen-bond acceptors (Lipinski definition) is 4. The summed E-state index contributed by atoms with van der Waals surface area (Å²) in [4.78, 5) is 22.9. The lowest BCUT2D eigenvalue weighted by Crippen LogP contribution is -2.52. The first-order valence-electron chi connectivity index (χ1n) is 7.11. The van der Waals surface area contributed by atoms with Crippen molar-refractivity contribution >= 4 is 12.1 Å². The highest BCUT2D eigenvalue weighted by Crippen LogP contribution is 2.28. The Morgan fingerprint density at radius 2 is 1.75 bits per heavy atom. The average Bonchev–Trinajstić information content (AvgIpc) is 2.34. The summed E-state index contributed by atoms with van der Waals surface area (Å²) in [5.74, 6) is -1.33. The van der Waals surface area contributed by atoms with Crippen LogP contribution in [-0.2, 0) is 9.53 Å². The van der Waals surface area contributed by atoms with Gasteiger partial charge in [-0.1, -0.05) is 19.3 Å². The van der Waals surface area contributed by atoms with E-state index in [0.717, 1.165) is 32.1 Å². The second-order valence-corrected chi connectivity index (χ2v) is 6.35. The Labute approximate surface area is 119 Å². The minimum Gasteiger partial charge on any atom is -0.480 e. The second-order valence-electron chi connectivity index (χ2n) is 6.35. The molecule has 1 amide bonds. The molecule has 6 heteroatoms. The summed E-state index contributed by atoms with van der Waals surface area (Å²) >= 11 is 0. The van der Waals surface area contributed by atoms with Crippen LogP contribution in [0.15, 0.2) is 0 Å². The maximum atomic E-state index is 11.7. The number of carbonyl (C=O) groups excluding carboxylic acids is 1. The summed E-state index contributed by atoms with van der Waals surface area (Å²) in [6, 6.07) is -1.33. The number of alkyl carbamates (subject to hydrolysis) is 1. The maximum absolute atomic E-state index is 11.7. The van der Waals surface area contributed by atoms with Crippen molar-refractivity contribution in [2.45, 2.75) is 70.6 Å². The lowest BCUT2D eigenvalue weighted by atomic mass is 9.82. The van der Waals surface area contributed by atoms with Crippen molar-refractivity contribution in [3.8, 4) is 0 Å². The molecule has 3 N–H and O–H groups in total. The molecule has 0 unspecified atom stereocenters. The quantitative estimate of drug-likeness (QED) is 0.734. The number of nitrogens with one attached hydrogen (secondary N) is 1. The first kappa shape index (κ1) is 16.8. The first-order valence-corrected chi connectivity index (χ1v) is 7.11. The van der Waals surface area contributed by atoms with Crippen molar-refractivity contribution in [3.05, 3.63) is 0 Å². The van der Waals surface area contributed by atoms with Crippen LogP contribution >= 0.6 is 0 Å². The van der Waals surface area contributed by atoms with Crippen LogP contribution in [0.2, 0.25) is 0 Å². The van der Waals surface area contributed by atoms with Gasteiger partial charge in [-0.05, 0) is 39.5 Å². The predicted molar refractivity (Wildman–Crippen MR) is 73.4 cm³/mol. The molecule has 1 saturated carbocycles. The van der Waals surface area contributed by atoms with Gasteiger partial charge in [0.2, 0.25) is 0 Å². The molecule has 0 aromatic rings. The molecule has 116 valence electrons. The van der Waals surface area contributed by atoms with E-state index < -0.39 is 29.8 Å². The third-order valence-electron chi connectivity index (χ3n) is 3.41. The number of aliphatic hydroxyl groups excluding tert-OH is 1. The third-order valence-corrected chi connectivity index (χ3v) is 3.41. The Bertz CT molecular complexity index is 344. The number of carbonyl (C=O) groups is 2. The number of rotatable bonds is 4. The van der Waals surface area contributed by atoms with Crippen LogP contribution in [-0.4, -0.2) is 40.0 Å². The van der Waals surface area contributed by atoms with Crippen molar-refractivity contribution in [1.82, 2.24) is 5.32 Å². The van der Waals surface area contributed by atoms with Gasteiger partial charge >= 0.3 is 12.1 Å². The summed E-state index contributed by atoms with van der Waals surface area (Å²) in [6.45, 7) is 5.08. The Morgan fingerprint density at radius 1 is 1.20 bits per heavy atom. The van der Waals surface area contributed by atoms with Crippen molar-refractivity contribution in [2.75, 3.05) is 0 Å². The van der Waals surface area contributed by atoms with Gasteiger partial charge < -0.3 is 20.3 Å². The van der Waals surface area contributed by atoms with Gasteiger partial charge in [-0.15, -0.1) is 0 Å². The Morgan fingerprint density at radius 3 is 2.20 bits per heavy atom. The van der Waals surface area contributed by atoms with Gasteiger partial charge in [0.25, 0.3) is 0 Å². The SMILES string of the molecule is CC(C)(C)OC(=O)N[C@H](C(=O)O)[C@@H](O)C1CCCCC1. The molecule has 6 nitrogen and oxygen atoms in total. The fourth-order valence-electron chi connectivity index (χ4n) is 2.48. The number of hydrogen-bond donors (Lipinski definition) is 3. The first-order chi connectivity index (χ1) is 9.20. The minimum atomic E-state index is -1.33. The molecule has 0 bridgehead atoms. The monoisotopic (exact) mass is 287 g/mol. The van der Waals surface area contributed by atoms with E-state index in [1.807, 2.05) is 0 Å². The van der Waals surface area contributed by atoms with Gasteiger partial charge in [0.1, 0.15) is 5.60 Å². The van der Waals surface area contributed by atoms with Gasteiger partial charge in [-0.25, -0.2) is 9.59 Å². The number of carboxylic acids is 1. The van der Waals surface area contributed by atoms with Crippen LogP contribution in [0.4, 0.5) is 4.79 Å². The zero-order chi connectivity index (χ0) is 15.3. The van der Waals surface area contributed by atoms with E-state index in [0.29, 0.717) is 0 Å². The Hall–Kier alpha value is -1.30. The van der Waals surface area contributed by atoms with E-state index in [4.69, 9.17) is 4.74 Å². The number of aliphatic carboxylic acids is 1. The molecule has 1 aliphatic rings. The highest BCUT2D eigenvalue weighted by atomic mass is 16.6. The molecule has 20 heavy (non-hydrogen) atoms. The Balaban J connectivity index is 2.63.